The molecular formula is C14H12N8. The van der Waals surface area contributed by atoms with Crippen LogP contribution in [0.15, 0.2) is 18.7 Å². The third kappa shape index (κ3) is 1.93. The van der Waals surface area contributed by atoms with Crippen molar-refractivity contribution in [1.29, 1.82) is 0 Å². The highest BCUT2D eigenvalue weighted by atomic mass is 15.2. The minimum Gasteiger partial charge on any atom is -0.280 e. The smallest absolute Gasteiger partial charge is 0.184 e. The third-order valence-electron chi connectivity index (χ3n) is 3.46. The van der Waals surface area contributed by atoms with E-state index in [1.54, 1.807) is 12.4 Å². The zero-order valence-electron chi connectivity index (χ0n) is 12.0. The molecule has 0 aromatic carbocycles. The summed E-state index contributed by atoms with van der Waals surface area (Å²) in [6, 6.07) is 0. The summed E-state index contributed by atoms with van der Waals surface area (Å²) in [5, 5.41) is 15.2. The lowest BCUT2D eigenvalue weighted by Crippen LogP contribution is -1.90. The van der Waals surface area contributed by atoms with Gasteiger partial charge in [-0.2, -0.15) is 10.2 Å². The lowest BCUT2D eigenvalue weighted by atomic mass is 10.2. The SMILES string of the molecule is CC(=Cc1ncc2c(C)[nH]nc2n1)c1n[nH]c2cncnc12. The zero-order valence-corrected chi connectivity index (χ0v) is 12.0. The molecule has 4 aromatic heterocycles. The molecule has 8 nitrogen and oxygen atoms in total. The first-order valence-corrected chi connectivity index (χ1v) is 6.73. The molecule has 0 amide bonds. The van der Waals surface area contributed by atoms with Crippen molar-refractivity contribution in [3.63, 3.8) is 0 Å². The van der Waals surface area contributed by atoms with Crippen LogP contribution < -0.4 is 0 Å². The van der Waals surface area contributed by atoms with Crippen LogP contribution in [0, 0.1) is 6.92 Å². The monoisotopic (exact) mass is 292 g/mol. The summed E-state index contributed by atoms with van der Waals surface area (Å²) >= 11 is 0. The minimum atomic E-state index is 0.585. The Morgan fingerprint density at radius 1 is 1.14 bits per heavy atom. The summed E-state index contributed by atoms with van der Waals surface area (Å²) in [4.78, 5) is 17.0. The molecule has 4 rings (SSSR count). The second-order valence-corrected chi connectivity index (χ2v) is 5.00. The van der Waals surface area contributed by atoms with Gasteiger partial charge in [0.2, 0.25) is 0 Å². The number of aryl methyl sites for hydroxylation is 1. The average molecular weight is 292 g/mol. The molecule has 0 radical (unpaired) electrons. The van der Waals surface area contributed by atoms with Gasteiger partial charge in [0, 0.05) is 11.9 Å². The van der Waals surface area contributed by atoms with Crippen molar-refractivity contribution in [3.05, 3.63) is 35.9 Å². The molecule has 22 heavy (non-hydrogen) atoms. The number of rotatable bonds is 2. The molecule has 0 aliphatic rings. The molecule has 0 spiro atoms. The fourth-order valence-electron chi connectivity index (χ4n) is 2.31. The molecular weight excluding hydrogens is 280 g/mol. The number of H-pyrrole nitrogens is 2. The molecule has 2 N–H and O–H groups in total. The van der Waals surface area contributed by atoms with Crippen LogP contribution in [0.4, 0.5) is 0 Å². The number of fused-ring (bicyclic) bond motifs is 2. The third-order valence-corrected chi connectivity index (χ3v) is 3.46. The number of allylic oxidation sites excluding steroid dienone is 1. The summed E-state index contributed by atoms with van der Waals surface area (Å²) in [5.74, 6) is 0.585. The Kier molecular flexibility index (Phi) is 2.68. The van der Waals surface area contributed by atoms with Crippen LogP contribution >= 0.6 is 0 Å². The number of hydrogen-bond acceptors (Lipinski definition) is 6. The maximum Gasteiger partial charge on any atom is 0.184 e. The van der Waals surface area contributed by atoms with Crippen LogP contribution in [0.5, 0.6) is 0 Å². The number of aromatic amines is 2. The van der Waals surface area contributed by atoms with E-state index >= 15 is 0 Å². The van der Waals surface area contributed by atoms with E-state index in [0.29, 0.717) is 11.5 Å². The maximum atomic E-state index is 4.43. The van der Waals surface area contributed by atoms with E-state index in [2.05, 4.69) is 40.3 Å². The Morgan fingerprint density at radius 3 is 2.95 bits per heavy atom. The molecule has 0 fully saturated rings. The molecule has 0 aliphatic carbocycles. The number of aromatic nitrogens is 8. The predicted octanol–water partition coefficient (Wildman–Crippen LogP) is 1.89. The summed E-state index contributed by atoms with van der Waals surface area (Å²) in [6.07, 6.45) is 6.83. The number of nitrogens with zero attached hydrogens (tertiary/aromatic N) is 6. The van der Waals surface area contributed by atoms with E-state index in [9.17, 15) is 0 Å². The van der Waals surface area contributed by atoms with Gasteiger partial charge in [0.25, 0.3) is 0 Å². The molecule has 108 valence electrons. The molecule has 0 atom stereocenters. The standard InChI is InChI=1S/C14H12N8/c1-7(12-13-10(20-21-12)5-15-6-17-13)3-11-16-4-9-8(2)19-22-14(9)18-11/h3-6H,1-2H3,(H,20,21)(H,16,18,19,22). The molecule has 0 saturated heterocycles. The molecule has 8 heteroatoms. The second kappa shape index (κ2) is 4.69. The highest BCUT2D eigenvalue weighted by Gasteiger charge is 2.10. The molecule has 0 aliphatic heterocycles. The zero-order chi connectivity index (χ0) is 15.1. The summed E-state index contributed by atoms with van der Waals surface area (Å²) in [5.41, 5.74) is 4.86. The topological polar surface area (TPSA) is 109 Å². The molecule has 0 unspecified atom stereocenters. The van der Waals surface area contributed by atoms with E-state index in [1.165, 1.54) is 6.33 Å². The second-order valence-electron chi connectivity index (χ2n) is 5.00. The van der Waals surface area contributed by atoms with Gasteiger partial charge in [0.15, 0.2) is 11.5 Å². The predicted molar refractivity (Wildman–Crippen MR) is 81.6 cm³/mol. The first-order valence-electron chi connectivity index (χ1n) is 6.73. The first kappa shape index (κ1) is 12.6. The number of nitrogens with one attached hydrogen (secondary N) is 2. The highest BCUT2D eigenvalue weighted by molar-refractivity contribution is 5.91. The van der Waals surface area contributed by atoms with Crippen LogP contribution in [0.25, 0.3) is 33.7 Å². The van der Waals surface area contributed by atoms with Crippen LogP contribution in [-0.2, 0) is 0 Å². The lowest BCUT2D eigenvalue weighted by Gasteiger charge is -1.97. The van der Waals surface area contributed by atoms with Crippen molar-refractivity contribution < 1.29 is 0 Å². The van der Waals surface area contributed by atoms with Crippen molar-refractivity contribution in [2.75, 3.05) is 0 Å². The maximum absolute atomic E-state index is 4.43. The van der Waals surface area contributed by atoms with Crippen molar-refractivity contribution in [3.8, 4) is 0 Å². The summed E-state index contributed by atoms with van der Waals surface area (Å²) in [7, 11) is 0. The van der Waals surface area contributed by atoms with E-state index < -0.39 is 0 Å². The van der Waals surface area contributed by atoms with Gasteiger partial charge in [-0.15, -0.1) is 0 Å². The lowest BCUT2D eigenvalue weighted by molar-refractivity contribution is 1.05. The Balaban J connectivity index is 1.79. The van der Waals surface area contributed by atoms with Crippen molar-refractivity contribution >= 4 is 33.7 Å². The Hall–Kier alpha value is -3.16. The molecule has 4 aromatic rings. The molecule has 4 heterocycles. The van der Waals surface area contributed by atoms with E-state index in [-0.39, 0.29) is 0 Å². The van der Waals surface area contributed by atoms with E-state index in [1.807, 2.05) is 19.9 Å². The normalized spacial score (nSPS) is 12.4. The fraction of sp³-hybridized carbons (Fsp3) is 0.143. The van der Waals surface area contributed by atoms with Gasteiger partial charge in [0.05, 0.1) is 11.6 Å². The van der Waals surface area contributed by atoms with Crippen LogP contribution in [0.2, 0.25) is 0 Å². The summed E-state index contributed by atoms with van der Waals surface area (Å²) < 4.78 is 0. The number of hydrogen-bond donors (Lipinski definition) is 2. The van der Waals surface area contributed by atoms with E-state index in [0.717, 1.165) is 33.4 Å². The van der Waals surface area contributed by atoms with Crippen LogP contribution in [0.3, 0.4) is 0 Å². The largest absolute Gasteiger partial charge is 0.280 e. The van der Waals surface area contributed by atoms with Gasteiger partial charge in [-0.3, -0.25) is 10.2 Å². The van der Waals surface area contributed by atoms with Crippen molar-refractivity contribution in [2.24, 2.45) is 0 Å². The Bertz CT molecular complexity index is 1010. The first-order chi connectivity index (χ1) is 10.7. The Morgan fingerprint density at radius 2 is 2.05 bits per heavy atom. The van der Waals surface area contributed by atoms with Gasteiger partial charge >= 0.3 is 0 Å². The highest BCUT2D eigenvalue weighted by Crippen LogP contribution is 2.21. The Labute approximate surface area is 124 Å². The minimum absolute atomic E-state index is 0.585. The van der Waals surface area contributed by atoms with E-state index in [4.69, 9.17) is 0 Å². The van der Waals surface area contributed by atoms with Gasteiger partial charge in [0.1, 0.15) is 23.1 Å². The summed E-state index contributed by atoms with van der Waals surface area (Å²) in [6.45, 7) is 3.89. The quantitative estimate of drug-likeness (QED) is 0.584. The van der Waals surface area contributed by atoms with Crippen LogP contribution in [-0.4, -0.2) is 40.3 Å². The molecule has 0 bridgehead atoms. The average Bonchev–Trinajstić information content (AvgIpc) is 3.11. The van der Waals surface area contributed by atoms with Crippen molar-refractivity contribution in [2.45, 2.75) is 13.8 Å². The van der Waals surface area contributed by atoms with Gasteiger partial charge in [-0.1, -0.05) is 0 Å². The molecule has 0 saturated carbocycles. The van der Waals surface area contributed by atoms with Gasteiger partial charge < -0.3 is 0 Å². The van der Waals surface area contributed by atoms with Crippen molar-refractivity contribution in [1.82, 2.24) is 40.3 Å². The van der Waals surface area contributed by atoms with Gasteiger partial charge in [-0.05, 0) is 25.5 Å². The van der Waals surface area contributed by atoms with Gasteiger partial charge in [-0.25, -0.2) is 19.9 Å². The fourth-order valence-corrected chi connectivity index (χ4v) is 2.31. The van der Waals surface area contributed by atoms with Crippen LogP contribution in [0.1, 0.15) is 24.1 Å².